The van der Waals surface area contributed by atoms with Gasteiger partial charge in [0.15, 0.2) is 5.78 Å². The largest absolute Gasteiger partial charge is 0.497 e. The lowest BCUT2D eigenvalue weighted by atomic mass is 9.85. The van der Waals surface area contributed by atoms with Crippen LogP contribution in [-0.4, -0.2) is 30.1 Å². The number of hydrogen-bond acceptors (Lipinski definition) is 4. The molecule has 2 aromatic rings. The van der Waals surface area contributed by atoms with Gasteiger partial charge < -0.3 is 10.1 Å². The number of benzene rings is 2. The third kappa shape index (κ3) is 4.25. The van der Waals surface area contributed by atoms with Crippen LogP contribution in [0.4, 0.5) is 5.69 Å². The third-order valence-electron chi connectivity index (χ3n) is 4.55. The third-order valence-corrected chi connectivity index (χ3v) is 4.55. The molecule has 0 atom stereocenters. The molecule has 0 bridgehead atoms. The zero-order valence-electron chi connectivity index (χ0n) is 16.1. The number of Topliss-reactive ketones (excluding diaryl/α,β-unsaturated/α-hetero) is 1. The van der Waals surface area contributed by atoms with Crippen LogP contribution < -0.4 is 10.1 Å². The fourth-order valence-electron chi connectivity index (χ4n) is 3.44. The van der Waals surface area contributed by atoms with Crippen molar-refractivity contribution in [3.05, 3.63) is 59.2 Å². The first-order valence-corrected chi connectivity index (χ1v) is 8.95. The van der Waals surface area contributed by atoms with Crippen LogP contribution in [0.25, 0.3) is 0 Å². The minimum atomic E-state index is -0.269. The summed E-state index contributed by atoms with van der Waals surface area (Å²) in [5, 5.41) is 2.73. The van der Waals surface area contributed by atoms with Crippen LogP contribution >= 0.6 is 0 Å². The van der Waals surface area contributed by atoms with Crippen molar-refractivity contribution in [1.82, 2.24) is 0 Å². The lowest BCUT2D eigenvalue weighted by Gasteiger charge is -2.29. The molecule has 1 aliphatic heterocycles. The van der Waals surface area contributed by atoms with E-state index in [1.54, 1.807) is 31.4 Å². The maximum absolute atomic E-state index is 13.0. The number of anilines is 1. The molecule has 0 aliphatic carbocycles. The van der Waals surface area contributed by atoms with Gasteiger partial charge in [-0.25, -0.2) is 0 Å². The molecular formula is C22H24N2O3. The molecule has 140 valence electrons. The van der Waals surface area contributed by atoms with Gasteiger partial charge >= 0.3 is 0 Å². The number of ketones is 1. The summed E-state index contributed by atoms with van der Waals surface area (Å²) in [4.78, 5) is 29.3. The second-order valence-corrected chi connectivity index (χ2v) is 7.40. The van der Waals surface area contributed by atoms with Gasteiger partial charge in [0.1, 0.15) is 5.75 Å². The van der Waals surface area contributed by atoms with Crippen LogP contribution in [0.5, 0.6) is 5.75 Å². The van der Waals surface area contributed by atoms with E-state index in [-0.39, 0.29) is 23.7 Å². The van der Waals surface area contributed by atoms with E-state index in [4.69, 9.17) is 9.73 Å². The molecule has 0 unspecified atom stereocenters. The minimum absolute atomic E-state index is 0.0791. The van der Waals surface area contributed by atoms with E-state index >= 15 is 0 Å². The van der Waals surface area contributed by atoms with Crippen molar-refractivity contribution in [3.8, 4) is 5.75 Å². The Morgan fingerprint density at radius 2 is 1.93 bits per heavy atom. The Kier molecular flexibility index (Phi) is 5.13. The Morgan fingerprint density at radius 3 is 2.63 bits per heavy atom. The van der Waals surface area contributed by atoms with E-state index in [0.29, 0.717) is 11.3 Å². The van der Waals surface area contributed by atoms with Gasteiger partial charge in [-0.05, 0) is 50.1 Å². The van der Waals surface area contributed by atoms with E-state index in [1.807, 2.05) is 18.2 Å². The summed E-state index contributed by atoms with van der Waals surface area (Å²) in [6.45, 7) is 5.56. The number of methoxy groups -OCH3 is 1. The van der Waals surface area contributed by atoms with Gasteiger partial charge in [-0.3, -0.25) is 14.6 Å². The molecule has 3 rings (SSSR count). The van der Waals surface area contributed by atoms with E-state index in [2.05, 4.69) is 19.2 Å². The highest BCUT2D eigenvalue weighted by Gasteiger charge is 2.28. The molecule has 0 aromatic heterocycles. The van der Waals surface area contributed by atoms with E-state index in [1.165, 1.54) is 6.92 Å². The number of para-hydroxylation sites is 1. The highest BCUT2D eigenvalue weighted by molar-refractivity contribution is 6.18. The second-order valence-electron chi connectivity index (χ2n) is 7.40. The van der Waals surface area contributed by atoms with Crippen molar-refractivity contribution in [3.63, 3.8) is 0 Å². The van der Waals surface area contributed by atoms with Crippen molar-refractivity contribution in [1.29, 1.82) is 0 Å². The summed E-state index contributed by atoms with van der Waals surface area (Å²) in [5.74, 6) is 0.457. The maximum atomic E-state index is 13.0. The van der Waals surface area contributed by atoms with Crippen LogP contribution in [0.1, 0.15) is 48.7 Å². The zero-order chi connectivity index (χ0) is 19.6. The van der Waals surface area contributed by atoms with Gasteiger partial charge in [0, 0.05) is 18.1 Å². The molecule has 0 spiro atoms. The number of aliphatic imine (C=N–C) groups is 1. The Bertz CT molecular complexity index is 929. The number of hydrogen-bond donors (Lipinski definition) is 1. The lowest BCUT2D eigenvalue weighted by molar-refractivity contribution is -0.114. The summed E-state index contributed by atoms with van der Waals surface area (Å²) in [5.41, 5.74) is 3.62. The molecule has 5 heteroatoms. The summed E-state index contributed by atoms with van der Waals surface area (Å²) in [6, 6.07) is 13.0. The van der Waals surface area contributed by atoms with Crippen LogP contribution in [0.15, 0.2) is 47.5 Å². The summed E-state index contributed by atoms with van der Waals surface area (Å²) >= 11 is 0. The van der Waals surface area contributed by atoms with Gasteiger partial charge in [-0.2, -0.15) is 0 Å². The van der Waals surface area contributed by atoms with Crippen LogP contribution in [-0.2, 0) is 11.2 Å². The topological polar surface area (TPSA) is 67.8 Å². The quantitative estimate of drug-likeness (QED) is 0.814. The Balaban J connectivity index is 1.96. The van der Waals surface area contributed by atoms with Gasteiger partial charge in [0.05, 0.1) is 30.5 Å². The van der Waals surface area contributed by atoms with Crippen LogP contribution in [0, 0.1) is 0 Å². The average molecular weight is 364 g/mol. The highest BCUT2D eigenvalue weighted by Crippen LogP contribution is 2.31. The molecule has 1 heterocycles. The van der Waals surface area contributed by atoms with Crippen LogP contribution in [0.2, 0.25) is 0 Å². The molecule has 1 aliphatic rings. The minimum Gasteiger partial charge on any atom is -0.497 e. The predicted octanol–water partition coefficient (Wildman–Crippen LogP) is 4.05. The molecule has 0 saturated heterocycles. The molecule has 1 N–H and O–H groups in total. The lowest BCUT2D eigenvalue weighted by Crippen LogP contribution is -2.30. The smallest absolute Gasteiger partial charge is 0.221 e. The number of rotatable bonds is 5. The van der Waals surface area contributed by atoms with Crippen molar-refractivity contribution in [2.45, 2.75) is 39.2 Å². The van der Waals surface area contributed by atoms with Crippen molar-refractivity contribution in [2.75, 3.05) is 12.4 Å². The number of carbonyl (C=O) groups excluding carboxylic acids is 2. The summed E-state index contributed by atoms with van der Waals surface area (Å²) in [7, 11) is 1.63. The Morgan fingerprint density at radius 1 is 1.19 bits per heavy atom. The monoisotopic (exact) mass is 364 g/mol. The molecular weight excluding hydrogens is 340 g/mol. The average Bonchev–Trinajstić information content (AvgIpc) is 2.60. The predicted molar refractivity (Wildman–Crippen MR) is 107 cm³/mol. The highest BCUT2D eigenvalue weighted by atomic mass is 16.5. The first-order valence-electron chi connectivity index (χ1n) is 8.95. The number of ether oxygens (including phenoxy) is 1. The van der Waals surface area contributed by atoms with Gasteiger partial charge in [-0.15, -0.1) is 0 Å². The van der Waals surface area contributed by atoms with Crippen LogP contribution in [0.3, 0.4) is 0 Å². The number of nitrogens with one attached hydrogen (secondary N) is 1. The number of fused-ring (bicyclic) bond motifs is 1. The Hall–Kier alpha value is -2.95. The number of carbonyl (C=O) groups is 2. The second kappa shape index (κ2) is 7.35. The van der Waals surface area contributed by atoms with Crippen molar-refractivity contribution < 1.29 is 14.3 Å². The SMILES string of the molecule is COc1ccc2c(c1)C(CC(=O)c1ccccc1NC(C)=O)=NC(C)(C)C2. The zero-order valence-corrected chi connectivity index (χ0v) is 16.1. The molecule has 0 saturated carbocycles. The first-order chi connectivity index (χ1) is 12.8. The van der Waals surface area contributed by atoms with E-state index in [9.17, 15) is 9.59 Å². The molecule has 1 amide bonds. The van der Waals surface area contributed by atoms with E-state index in [0.717, 1.165) is 29.0 Å². The normalized spacial score (nSPS) is 14.7. The number of amides is 1. The van der Waals surface area contributed by atoms with Gasteiger partial charge in [0.2, 0.25) is 5.91 Å². The van der Waals surface area contributed by atoms with Gasteiger partial charge in [-0.1, -0.05) is 18.2 Å². The standard InChI is InChI=1S/C22H24N2O3/c1-14(25)23-19-8-6-5-7-17(19)21(26)12-20-18-11-16(27-4)10-9-15(18)13-22(2,3)24-20/h5-11H,12-13H2,1-4H3,(H,23,25). The number of nitrogens with zero attached hydrogens (tertiary/aromatic N) is 1. The maximum Gasteiger partial charge on any atom is 0.221 e. The van der Waals surface area contributed by atoms with E-state index < -0.39 is 0 Å². The van der Waals surface area contributed by atoms with Crippen molar-refractivity contribution in [2.24, 2.45) is 4.99 Å². The molecule has 2 aromatic carbocycles. The summed E-state index contributed by atoms with van der Waals surface area (Å²) < 4.78 is 5.35. The fraction of sp³-hybridized carbons (Fsp3) is 0.318. The fourth-order valence-corrected chi connectivity index (χ4v) is 3.44. The molecule has 0 radical (unpaired) electrons. The first kappa shape index (κ1) is 18.8. The van der Waals surface area contributed by atoms with Gasteiger partial charge in [0.25, 0.3) is 0 Å². The molecule has 0 fully saturated rings. The summed E-state index contributed by atoms with van der Waals surface area (Å²) in [6.07, 6.45) is 0.979. The molecule has 27 heavy (non-hydrogen) atoms. The molecule has 5 nitrogen and oxygen atoms in total. The van der Waals surface area contributed by atoms with Crippen molar-refractivity contribution >= 4 is 23.1 Å². The Labute approximate surface area is 159 Å².